The van der Waals surface area contributed by atoms with Crippen molar-refractivity contribution in [2.75, 3.05) is 10.9 Å². The van der Waals surface area contributed by atoms with Crippen molar-refractivity contribution in [3.63, 3.8) is 0 Å². The maximum absolute atomic E-state index is 13.0. The minimum atomic E-state index is -3.66. The molecule has 0 fully saturated rings. The van der Waals surface area contributed by atoms with Crippen LogP contribution in [0.4, 0.5) is 5.69 Å². The van der Waals surface area contributed by atoms with Gasteiger partial charge in [0.1, 0.15) is 5.75 Å². The van der Waals surface area contributed by atoms with E-state index in [0.717, 1.165) is 11.3 Å². The van der Waals surface area contributed by atoms with Crippen LogP contribution in [0.25, 0.3) is 0 Å². The molecular weight excluding hydrogens is 328 g/mol. The van der Waals surface area contributed by atoms with E-state index in [4.69, 9.17) is 10.5 Å². The molecule has 2 N–H and O–H groups in total. The summed E-state index contributed by atoms with van der Waals surface area (Å²) in [5, 5.41) is 0. The fourth-order valence-corrected chi connectivity index (χ4v) is 4.57. The number of fused-ring (bicyclic) bond motifs is 1. The molecule has 1 amide bonds. The number of sulfonamides is 1. The van der Waals surface area contributed by atoms with Crippen LogP contribution in [0.3, 0.4) is 0 Å². The molecule has 0 saturated heterocycles. The van der Waals surface area contributed by atoms with Crippen LogP contribution >= 0.6 is 0 Å². The Labute approximate surface area is 140 Å². The van der Waals surface area contributed by atoms with Crippen LogP contribution in [-0.2, 0) is 21.2 Å². The standard InChI is InChI=1S/C17H18N2O4S/c1-12-10-13-4-2-3-5-16(13)19(12)24(21,22)15-8-6-14(7-9-15)23-11-17(18)20/h2-9,12H,10-11H2,1H3,(H2,18,20). The Morgan fingerprint density at radius 3 is 2.54 bits per heavy atom. The van der Waals surface area contributed by atoms with Gasteiger partial charge in [-0.2, -0.15) is 0 Å². The second-order valence-corrected chi connectivity index (χ2v) is 7.52. The van der Waals surface area contributed by atoms with Crippen molar-refractivity contribution in [2.24, 2.45) is 5.73 Å². The van der Waals surface area contributed by atoms with Crippen molar-refractivity contribution < 1.29 is 17.9 Å². The van der Waals surface area contributed by atoms with Crippen LogP contribution in [0.5, 0.6) is 5.75 Å². The predicted molar refractivity (Wildman–Crippen MR) is 90.4 cm³/mol. The number of hydrogen-bond acceptors (Lipinski definition) is 4. The van der Waals surface area contributed by atoms with E-state index >= 15 is 0 Å². The van der Waals surface area contributed by atoms with Crippen molar-refractivity contribution in [2.45, 2.75) is 24.3 Å². The second-order valence-electron chi connectivity index (χ2n) is 5.71. The molecule has 0 radical (unpaired) electrons. The third kappa shape index (κ3) is 2.94. The number of nitrogens with two attached hydrogens (primary N) is 1. The predicted octanol–water partition coefficient (Wildman–Crippen LogP) is 1.69. The molecule has 3 rings (SSSR count). The zero-order valence-corrected chi connectivity index (χ0v) is 14.0. The summed E-state index contributed by atoms with van der Waals surface area (Å²) in [5.74, 6) is -0.197. The van der Waals surface area contributed by atoms with E-state index in [1.54, 1.807) is 0 Å². The Morgan fingerprint density at radius 1 is 1.21 bits per heavy atom. The highest BCUT2D eigenvalue weighted by atomic mass is 32.2. The van der Waals surface area contributed by atoms with Gasteiger partial charge in [0, 0.05) is 6.04 Å². The number of anilines is 1. The van der Waals surface area contributed by atoms with E-state index in [1.165, 1.54) is 28.6 Å². The Morgan fingerprint density at radius 2 is 1.88 bits per heavy atom. The zero-order chi connectivity index (χ0) is 17.3. The fraction of sp³-hybridized carbons (Fsp3) is 0.235. The third-order valence-electron chi connectivity index (χ3n) is 3.91. The minimum absolute atomic E-state index is 0.141. The van der Waals surface area contributed by atoms with Gasteiger partial charge < -0.3 is 10.5 Å². The maximum Gasteiger partial charge on any atom is 0.264 e. The summed E-state index contributed by atoms with van der Waals surface area (Å²) in [6.07, 6.45) is 0.690. The molecule has 0 saturated carbocycles. The average molecular weight is 346 g/mol. The summed E-state index contributed by atoms with van der Waals surface area (Å²) in [6, 6.07) is 13.3. The van der Waals surface area contributed by atoms with Gasteiger partial charge in [-0.3, -0.25) is 9.10 Å². The maximum atomic E-state index is 13.0. The monoisotopic (exact) mass is 346 g/mol. The van der Waals surface area contributed by atoms with Crippen LogP contribution < -0.4 is 14.8 Å². The van der Waals surface area contributed by atoms with Crippen molar-refractivity contribution in [3.8, 4) is 5.75 Å². The number of benzene rings is 2. The molecular formula is C17H18N2O4S. The number of para-hydroxylation sites is 1. The number of carbonyl (C=O) groups is 1. The largest absolute Gasteiger partial charge is 0.484 e. The molecule has 1 aliphatic rings. The Hall–Kier alpha value is -2.54. The van der Waals surface area contributed by atoms with Gasteiger partial charge in [0.05, 0.1) is 10.6 Å². The molecule has 24 heavy (non-hydrogen) atoms. The Balaban J connectivity index is 1.90. The van der Waals surface area contributed by atoms with E-state index < -0.39 is 15.9 Å². The molecule has 1 unspecified atom stereocenters. The molecule has 1 aliphatic heterocycles. The summed E-state index contributed by atoms with van der Waals surface area (Å²) in [7, 11) is -3.66. The van der Waals surface area contributed by atoms with Crippen LogP contribution in [0.1, 0.15) is 12.5 Å². The number of carbonyl (C=O) groups excluding carboxylic acids is 1. The van der Waals surface area contributed by atoms with Gasteiger partial charge in [-0.1, -0.05) is 18.2 Å². The lowest BCUT2D eigenvalue weighted by Crippen LogP contribution is -2.35. The number of amides is 1. The summed E-state index contributed by atoms with van der Waals surface area (Å²) >= 11 is 0. The third-order valence-corrected chi connectivity index (χ3v) is 5.85. The molecule has 0 aromatic heterocycles. The normalized spacial score (nSPS) is 16.7. The van der Waals surface area contributed by atoms with Gasteiger partial charge in [0.15, 0.2) is 6.61 Å². The van der Waals surface area contributed by atoms with Gasteiger partial charge in [-0.05, 0) is 49.2 Å². The molecule has 0 spiro atoms. The molecule has 1 atom stereocenters. The molecule has 0 bridgehead atoms. The second kappa shape index (κ2) is 6.16. The topological polar surface area (TPSA) is 89.7 Å². The molecule has 7 heteroatoms. The van der Waals surface area contributed by atoms with Crippen molar-refractivity contribution >= 4 is 21.6 Å². The first kappa shape index (κ1) is 16.3. The molecule has 2 aromatic rings. The number of ether oxygens (including phenoxy) is 1. The number of hydrogen-bond donors (Lipinski definition) is 1. The molecule has 0 aliphatic carbocycles. The van der Waals surface area contributed by atoms with E-state index in [1.807, 2.05) is 31.2 Å². The van der Waals surface area contributed by atoms with Gasteiger partial charge in [0.25, 0.3) is 15.9 Å². The van der Waals surface area contributed by atoms with Crippen LogP contribution in [-0.4, -0.2) is 27.0 Å². The first-order valence-corrected chi connectivity index (χ1v) is 8.97. The highest BCUT2D eigenvalue weighted by Gasteiger charge is 2.35. The molecule has 126 valence electrons. The summed E-state index contributed by atoms with van der Waals surface area (Å²) < 4.78 is 32.6. The first-order valence-electron chi connectivity index (χ1n) is 7.53. The highest BCUT2D eigenvalue weighted by molar-refractivity contribution is 7.92. The Bertz CT molecular complexity index is 862. The van der Waals surface area contributed by atoms with Gasteiger partial charge in [0.2, 0.25) is 0 Å². The number of rotatable bonds is 5. The fourth-order valence-electron chi connectivity index (χ4n) is 2.88. The van der Waals surface area contributed by atoms with Crippen molar-refractivity contribution in [1.29, 1.82) is 0 Å². The van der Waals surface area contributed by atoms with E-state index in [9.17, 15) is 13.2 Å². The van der Waals surface area contributed by atoms with Gasteiger partial charge in [-0.25, -0.2) is 8.42 Å². The molecule has 2 aromatic carbocycles. The number of nitrogens with zero attached hydrogens (tertiary/aromatic N) is 1. The lowest BCUT2D eigenvalue weighted by Gasteiger charge is -2.24. The van der Waals surface area contributed by atoms with Gasteiger partial charge in [-0.15, -0.1) is 0 Å². The van der Waals surface area contributed by atoms with Gasteiger partial charge >= 0.3 is 0 Å². The highest BCUT2D eigenvalue weighted by Crippen LogP contribution is 2.36. The SMILES string of the molecule is CC1Cc2ccccc2N1S(=O)(=O)c1ccc(OCC(N)=O)cc1. The van der Waals surface area contributed by atoms with Crippen LogP contribution in [0.15, 0.2) is 53.4 Å². The Kier molecular flexibility index (Phi) is 4.19. The smallest absolute Gasteiger partial charge is 0.264 e. The van der Waals surface area contributed by atoms with Crippen LogP contribution in [0.2, 0.25) is 0 Å². The van der Waals surface area contributed by atoms with Crippen molar-refractivity contribution in [3.05, 3.63) is 54.1 Å². The lowest BCUT2D eigenvalue weighted by atomic mass is 10.1. The molecule has 6 nitrogen and oxygen atoms in total. The lowest BCUT2D eigenvalue weighted by molar-refractivity contribution is -0.119. The zero-order valence-electron chi connectivity index (χ0n) is 13.2. The van der Waals surface area contributed by atoms with Crippen LogP contribution in [0, 0.1) is 0 Å². The quantitative estimate of drug-likeness (QED) is 0.892. The number of primary amides is 1. The van der Waals surface area contributed by atoms with Crippen molar-refractivity contribution in [1.82, 2.24) is 0 Å². The average Bonchev–Trinajstić information content (AvgIpc) is 2.89. The van der Waals surface area contributed by atoms with E-state index in [-0.39, 0.29) is 17.5 Å². The van der Waals surface area contributed by atoms with E-state index in [2.05, 4.69) is 0 Å². The summed E-state index contributed by atoms with van der Waals surface area (Å²) in [5.41, 5.74) is 6.76. The first-order chi connectivity index (χ1) is 11.4. The minimum Gasteiger partial charge on any atom is -0.484 e. The summed E-state index contributed by atoms with van der Waals surface area (Å²) in [6.45, 7) is 1.64. The summed E-state index contributed by atoms with van der Waals surface area (Å²) in [4.78, 5) is 10.9. The molecule has 1 heterocycles. The van der Waals surface area contributed by atoms with E-state index in [0.29, 0.717) is 12.2 Å².